The van der Waals surface area contributed by atoms with Gasteiger partial charge in [-0.05, 0) is 30.0 Å². The second-order valence-corrected chi connectivity index (χ2v) is 5.71. The highest BCUT2D eigenvalue weighted by Gasteiger charge is 2.37. The number of nitrogens with zero attached hydrogens (tertiary/aromatic N) is 3. The number of hydrogen-bond donors (Lipinski definition) is 1. The van der Waals surface area contributed by atoms with Gasteiger partial charge in [-0.15, -0.1) is 0 Å². The van der Waals surface area contributed by atoms with E-state index >= 15 is 0 Å². The molecule has 2 aliphatic heterocycles. The number of primary amides is 1. The third-order valence-electron chi connectivity index (χ3n) is 4.27. The van der Waals surface area contributed by atoms with E-state index in [-0.39, 0.29) is 12.2 Å². The maximum Gasteiger partial charge on any atom is 0.267 e. The first kappa shape index (κ1) is 12.5. The normalized spacial score (nSPS) is 23.1. The third kappa shape index (κ3) is 1.94. The Labute approximate surface area is 121 Å². The summed E-state index contributed by atoms with van der Waals surface area (Å²) in [5.74, 6) is -0.511. The molecule has 1 amide bonds. The summed E-state index contributed by atoms with van der Waals surface area (Å²) >= 11 is 0. The minimum Gasteiger partial charge on any atom is -0.368 e. The molecule has 4 rings (SSSR count). The van der Waals surface area contributed by atoms with Crippen LogP contribution in [0, 0.1) is 0 Å². The monoisotopic (exact) mass is 284 g/mol. The van der Waals surface area contributed by atoms with Crippen LogP contribution in [-0.2, 0) is 18.2 Å². The molecule has 0 saturated carbocycles. The van der Waals surface area contributed by atoms with Crippen LogP contribution in [0.25, 0.3) is 11.1 Å². The molecule has 2 bridgehead atoms. The molecule has 2 atom stereocenters. The predicted molar refractivity (Wildman–Crippen MR) is 75.5 cm³/mol. The van der Waals surface area contributed by atoms with Gasteiger partial charge in [0.2, 0.25) is 0 Å². The number of aryl methyl sites for hydroxylation is 1. The van der Waals surface area contributed by atoms with Gasteiger partial charge in [-0.3, -0.25) is 9.48 Å². The van der Waals surface area contributed by atoms with E-state index in [4.69, 9.17) is 10.5 Å². The van der Waals surface area contributed by atoms with Crippen molar-refractivity contribution in [3.05, 3.63) is 35.4 Å². The smallest absolute Gasteiger partial charge is 0.267 e. The molecule has 2 aliphatic rings. The number of pyridine rings is 1. The maximum absolute atomic E-state index is 11.6. The second kappa shape index (κ2) is 4.39. The summed E-state index contributed by atoms with van der Waals surface area (Å²) in [6.45, 7) is 0. The van der Waals surface area contributed by atoms with Crippen molar-refractivity contribution in [3.63, 3.8) is 0 Å². The lowest BCUT2D eigenvalue weighted by Gasteiger charge is -2.25. The lowest BCUT2D eigenvalue weighted by atomic mass is 9.94. The van der Waals surface area contributed by atoms with E-state index in [0.29, 0.717) is 5.69 Å². The minimum atomic E-state index is -0.511. The number of rotatable bonds is 2. The molecule has 0 aliphatic carbocycles. The molecule has 0 aromatic carbocycles. The molecule has 0 unspecified atom stereocenters. The summed E-state index contributed by atoms with van der Waals surface area (Å²) in [6.07, 6.45) is 6.84. The fourth-order valence-electron chi connectivity index (χ4n) is 3.30. The van der Waals surface area contributed by atoms with Crippen LogP contribution in [0.2, 0.25) is 0 Å². The highest BCUT2D eigenvalue weighted by atomic mass is 16.5. The number of fused-ring (bicyclic) bond motifs is 4. The van der Waals surface area contributed by atoms with Gasteiger partial charge in [-0.25, -0.2) is 4.98 Å². The first-order valence-corrected chi connectivity index (χ1v) is 7.10. The third-order valence-corrected chi connectivity index (χ3v) is 4.27. The quantitative estimate of drug-likeness (QED) is 0.902. The molecular formula is C15H16N4O2. The molecule has 2 aromatic heterocycles. The van der Waals surface area contributed by atoms with Crippen molar-refractivity contribution in [2.24, 2.45) is 12.8 Å². The van der Waals surface area contributed by atoms with Crippen LogP contribution in [0.5, 0.6) is 0 Å². The van der Waals surface area contributed by atoms with E-state index in [2.05, 4.69) is 10.1 Å². The van der Waals surface area contributed by atoms with E-state index in [1.165, 1.54) is 5.56 Å². The van der Waals surface area contributed by atoms with Crippen LogP contribution in [0.4, 0.5) is 0 Å². The molecule has 2 N–H and O–H groups in total. The summed E-state index contributed by atoms with van der Waals surface area (Å²) in [4.78, 5) is 16.0. The maximum atomic E-state index is 11.6. The van der Waals surface area contributed by atoms with Gasteiger partial charge in [0.05, 0.1) is 18.0 Å². The predicted octanol–water partition coefficient (Wildman–Crippen LogP) is 1.36. The van der Waals surface area contributed by atoms with Crippen LogP contribution in [0.15, 0.2) is 18.5 Å². The van der Waals surface area contributed by atoms with E-state index in [1.54, 1.807) is 16.9 Å². The largest absolute Gasteiger partial charge is 0.368 e. The first-order valence-electron chi connectivity index (χ1n) is 7.10. The molecule has 6 heteroatoms. The van der Waals surface area contributed by atoms with Gasteiger partial charge in [0, 0.05) is 25.2 Å². The van der Waals surface area contributed by atoms with Gasteiger partial charge in [0.1, 0.15) is 11.8 Å². The van der Waals surface area contributed by atoms with Crippen molar-refractivity contribution in [1.29, 1.82) is 0 Å². The molecular weight excluding hydrogens is 268 g/mol. The molecule has 0 spiro atoms. The Bertz CT molecular complexity index is 737. The average molecular weight is 284 g/mol. The standard InChI is InChI=1S/C15H16N4O2/c1-19-7-8(6-17-19)10-5-12(15(16)20)18-14-11(10)4-9-2-3-13(14)21-9/h5-7,9,13H,2-4H2,1H3,(H2,16,20)/t9-,13-/m1/s1. The number of carbonyl (C=O) groups is 1. The Morgan fingerprint density at radius 3 is 3.05 bits per heavy atom. The molecule has 1 fully saturated rings. The van der Waals surface area contributed by atoms with Crippen LogP contribution in [0.3, 0.4) is 0 Å². The Hall–Kier alpha value is -2.21. The van der Waals surface area contributed by atoms with E-state index < -0.39 is 5.91 Å². The van der Waals surface area contributed by atoms with Crippen molar-refractivity contribution < 1.29 is 9.53 Å². The summed E-state index contributed by atoms with van der Waals surface area (Å²) in [6, 6.07) is 1.78. The van der Waals surface area contributed by atoms with E-state index in [0.717, 1.165) is 36.1 Å². The summed E-state index contributed by atoms with van der Waals surface area (Å²) < 4.78 is 7.67. The number of ether oxygens (including phenoxy) is 1. The molecule has 21 heavy (non-hydrogen) atoms. The minimum absolute atomic E-state index is 0.00604. The van der Waals surface area contributed by atoms with E-state index in [9.17, 15) is 4.79 Å². The molecule has 1 saturated heterocycles. The first-order chi connectivity index (χ1) is 10.1. The summed E-state index contributed by atoms with van der Waals surface area (Å²) in [5, 5.41) is 4.22. The van der Waals surface area contributed by atoms with Gasteiger partial charge < -0.3 is 10.5 Å². The fourth-order valence-corrected chi connectivity index (χ4v) is 3.30. The number of hydrogen-bond acceptors (Lipinski definition) is 4. The van der Waals surface area contributed by atoms with Crippen molar-refractivity contribution in [1.82, 2.24) is 14.8 Å². The van der Waals surface area contributed by atoms with Crippen molar-refractivity contribution in [3.8, 4) is 11.1 Å². The number of amides is 1. The zero-order valence-electron chi connectivity index (χ0n) is 11.7. The summed E-state index contributed by atoms with van der Waals surface area (Å²) in [7, 11) is 1.87. The lowest BCUT2D eigenvalue weighted by molar-refractivity contribution is 0.0295. The van der Waals surface area contributed by atoms with Gasteiger partial charge in [-0.2, -0.15) is 5.10 Å². The highest BCUT2D eigenvalue weighted by molar-refractivity contribution is 5.92. The van der Waals surface area contributed by atoms with Crippen LogP contribution < -0.4 is 5.73 Å². The molecule has 108 valence electrons. The Balaban J connectivity index is 1.95. The summed E-state index contributed by atoms with van der Waals surface area (Å²) in [5.41, 5.74) is 9.76. The Morgan fingerprint density at radius 1 is 1.48 bits per heavy atom. The number of carbonyl (C=O) groups excluding carboxylic acids is 1. The Kier molecular flexibility index (Phi) is 2.62. The van der Waals surface area contributed by atoms with Gasteiger partial charge in [0.15, 0.2) is 0 Å². The SMILES string of the molecule is Cn1cc(-c2cc(C(N)=O)nc3c2C[C@H]2CC[C@H]3O2)cn1. The molecule has 2 aromatic rings. The van der Waals surface area contributed by atoms with Gasteiger partial charge >= 0.3 is 0 Å². The lowest BCUT2D eigenvalue weighted by Crippen LogP contribution is -2.23. The van der Waals surface area contributed by atoms with Crippen LogP contribution in [-0.4, -0.2) is 26.8 Å². The second-order valence-electron chi connectivity index (χ2n) is 5.71. The Morgan fingerprint density at radius 2 is 2.33 bits per heavy atom. The zero-order valence-corrected chi connectivity index (χ0v) is 11.7. The van der Waals surface area contributed by atoms with Crippen molar-refractivity contribution in [2.45, 2.75) is 31.5 Å². The van der Waals surface area contributed by atoms with Gasteiger partial charge in [0.25, 0.3) is 5.91 Å². The van der Waals surface area contributed by atoms with E-state index in [1.807, 2.05) is 13.2 Å². The molecule has 6 nitrogen and oxygen atoms in total. The van der Waals surface area contributed by atoms with Crippen LogP contribution >= 0.6 is 0 Å². The topological polar surface area (TPSA) is 83.0 Å². The van der Waals surface area contributed by atoms with Crippen molar-refractivity contribution in [2.75, 3.05) is 0 Å². The van der Waals surface area contributed by atoms with Crippen LogP contribution in [0.1, 0.15) is 40.7 Å². The van der Waals surface area contributed by atoms with Gasteiger partial charge in [-0.1, -0.05) is 0 Å². The molecule has 0 radical (unpaired) electrons. The zero-order chi connectivity index (χ0) is 14.6. The average Bonchev–Trinajstić information content (AvgIpc) is 3.05. The number of aromatic nitrogens is 3. The number of nitrogens with two attached hydrogens (primary N) is 1. The van der Waals surface area contributed by atoms with Crippen molar-refractivity contribution >= 4 is 5.91 Å². The molecule has 4 heterocycles. The highest BCUT2D eigenvalue weighted by Crippen LogP contribution is 2.43. The fraction of sp³-hybridized carbons (Fsp3) is 0.400.